The third-order valence-corrected chi connectivity index (χ3v) is 2.94. The first-order valence-corrected chi connectivity index (χ1v) is 5.76. The molecule has 0 atom stereocenters. The molecule has 0 fully saturated rings. The van der Waals surface area contributed by atoms with E-state index in [0.29, 0.717) is 11.7 Å². The second-order valence-corrected chi connectivity index (χ2v) is 4.12. The summed E-state index contributed by atoms with van der Waals surface area (Å²) in [5.74, 6) is 0.989. The lowest BCUT2D eigenvalue weighted by Gasteiger charge is -2.03. The van der Waals surface area contributed by atoms with E-state index in [1.807, 2.05) is 24.3 Å². The van der Waals surface area contributed by atoms with Gasteiger partial charge >= 0.3 is 0 Å². The highest BCUT2D eigenvalue weighted by atomic mass is 79.9. The lowest BCUT2D eigenvalue weighted by Crippen LogP contribution is -1.91. The maximum atomic E-state index is 5.62. The monoisotopic (exact) mass is 282 g/mol. The smallest absolute Gasteiger partial charge is 0.142 e. The predicted octanol–water partition coefficient (Wildman–Crippen LogP) is 3.64. The molecule has 2 aromatic rings. The van der Waals surface area contributed by atoms with E-state index >= 15 is 0 Å². The van der Waals surface area contributed by atoms with Crippen LogP contribution < -0.4 is 0 Å². The zero-order chi connectivity index (χ0) is 10.7. The molecule has 0 amide bonds. The van der Waals surface area contributed by atoms with Gasteiger partial charge < -0.3 is 0 Å². The fourth-order valence-electron chi connectivity index (χ4n) is 1.26. The van der Waals surface area contributed by atoms with Crippen molar-refractivity contribution in [1.82, 2.24) is 9.97 Å². The zero-order valence-electron chi connectivity index (χ0n) is 7.82. The summed E-state index contributed by atoms with van der Waals surface area (Å²) in [6, 6.07) is 7.96. The molecular weight excluding hydrogens is 275 g/mol. The summed E-state index contributed by atoms with van der Waals surface area (Å²) >= 11 is 9.11. The van der Waals surface area contributed by atoms with Crippen molar-refractivity contribution in [2.45, 2.75) is 5.88 Å². The Labute approximate surface area is 101 Å². The van der Waals surface area contributed by atoms with Crippen molar-refractivity contribution in [1.29, 1.82) is 0 Å². The first-order valence-electron chi connectivity index (χ1n) is 4.43. The Morgan fingerprint density at radius 1 is 1.13 bits per heavy atom. The van der Waals surface area contributed by atoms with Gasteiger partial charge in [0.25, 0.3) is 0 Å². The van der Waals surface area contributed by atoms with Crippen LogP contribution in [0.3, 0.4) is 0 Å². The first kappa shape index (κ1) is 10.6. The Kier molecular flexibility index (Phi) is 3.34. The van der Waals surface area contributed by atoms with Gasteiger partial charge in [-0.3, -0.25) is 0 Å². The van der Waals surface area contributed by atoms with E-state index in [4.69, 9.17) is 11.6 Å². The number of rotatable bonds is 2. The fourth-order valence-corrected chi connectivity index (χ4v) is 1.91. The summed E-state index contributed by atoms with van der Waals surface area (Å²) in [5, 5.41) is 0. The molecule has 0 spiro atoms. The summed E-state index contributed by atoms with van der Waals surface area (Å²) in [4.78, 5) is 8.30. The molecule has 0 aliphatic carbocycles. The number of hydrogen-bond donors (Lipinski definition) is 0. The van der Waals surface area contributed by atoms with Crippen molar-refractivity contribution in [2.75, 3.05) is 0 Å². The zero-order valence-corrected chi connectivity index (χ0v) is 10.2. The second-order valence-electron chi connectivity index (χ2n) is 3.00. The third kappa shape index (κ3) is 2.36. The maximum Gasteiger partial charge on any atom is 0.142 e. The molecule has 4 heteroatoms. The third-order valence-electron chi connectivity index (χ3n) is 2.01. The number of halogens is 2. The number of benzene rings is 1. The molecule has 0 saturated heterocycles. The summed E-state index contributed by atoms with van der Waals surface area (Å²) < 4.78 is 1.03. The number of aromatic nitrogens is 2. The summed E-state index contributed by atoms with van der Waals surface area (Å²) in [5.41, 5.74) is 2.06. The Morgan fingerprint density at radius 3 is 2.40 bits per heavy atom. The van der Waals surface area contributed by atoms with Crippen molar-refractivity contribution >= 4 is 27.5 Å². The molecule has 0 saturated carbocycles. The molecule has 0 radical (unpaired) electrons. The van der Waals surface area contributed by atoms with E-state index < -0.39 is 0 Å². The quantitative estimate of drug-likeness (QED) is 0.786. The maximum absolute atomic E-state index is 5.62. The second kappa shape index (κ2) is 4.73. The van der Waals surface area contributed by atoms with Crippen molar-refractivity contribution < 1.29 is 0 Å². The van der Waals surface area contributed by atoms with Gasteiger partial charge in [0.05, 0.1) is 5.88 Å². The van der Waals surface area contributed by atoms with Gasteiger partial charge in [-0.2, -0.15) is 0 Å². The lowest BCUT2D eigenvalue weighted by atomic mass is 10.1. The highest BCUT2D eigenvalue weighted by Crippen LogP contribution is 2.26. The van der Waals surface area contributed by atoms with E-state index in [-0.39, 0.29) is 0 Å². The van der Waals surface area contributed by atoms with Gasteiger partial charge in [-0.05, 0) is 11.6 Å². The van der Waals surface area contributed by atoms with E-state index in [2.05, 4.69) is 25.9 Å². The number of hydrogen-bond acceptors (Lipinski definition) is 2. The van der Waals surface area contributed by atoms with Gasteiger partial charge in [0.15, 0.2) is 0 Å². The molecule has 0 bridgehead atoms. The van der Waals surface area contributed by atoms with E-state index in [1.54, 1.807) is 12.4 Å². The minimum absolute atomic E-state index is 0.343. The molecule has 76 valence electrons. The molecule has 2 nitrogen and oxygen atoms in total. The van der Waals surface area contributed by atoms with Crippen molar-refractivity contribution in [2.24, 2.45) is 0 Å². The molecule has 0 aliphatic heterocycles. The molecule has 1 aromatic carbocycles. The standard InChI is InChI=1S/C11H8BrClN2/c12-10-4-2-1-3-9(10)8-6-14-11(5-13)15-7-8/h1-4,6-7H,5H2. The van der Waals surface area contributed by atoms with Crippen LogP contribution in [0.15, 0.2) is 41.1 Å². The van der Waals surface area contributed by atoms with Crippen LogP contribution in [0.25, 0.3) is 11.1 Å². The van der Waals surface area contributed by atoms with Gasteiger partial charge in [-0.1, -0.05) is 34.1 Å². The average Bonchev–Trinajstić information content (AvgIpc) is 2.30. The van der Waals surface area contributed by atoms with E-state index in [1.165, 1.54) is 0 Å². The molecule has 15 heavy (non-hydrogen) atoms. The largest absolute Gasteiger partial charge is 0.239 e. The Hall–Kier alpha value is -0.930. The summed E-state index contributed by atoms with van der Waals surface area (Å²) in [6.07, 6.45) is 3.57. The molecule has 1 heterocycles. The van der Waals surface area contributed by atoms with E-state index in [0.717, 1.165) is 15.6 Å². The van der Waals surface area contributed by atoms with Crippen molar-refractivity contribution in [3.05, 3.63) is 47.0 Å². The van der Waals surface area contributed by atoms with Crippen LogP contribution in [-0.2, 0) is 5.88 Å². The molecular formula is C11H8BrClN2. The van der Waals surface area contributed by atoms with Crippen molar-refractivity contribution in [3.8, 4) is 11.1 Å². The lowest BCUT2D eigenvalue weighted by molar-refractivity contribution is 1.03. The minimum atomic E-state index is 0.343. The number of alkyl halides is 1. The molecule has 1 aromatic heterocycles. The Balaban J connectivity index is 2.42. The van der Waals surface area contributed by atoms with Crippen LogP contribution >= 0.6 is 27.5 Å². The van der Waals surface area contributed by atoms with Crippen LogP contribution in [-0.4, -0.2) is 9.97 Å². The minimum Gasteiger partial charge on any atom is -0.239 e. The highest BCUT2D eigenvalue weighted by Gasteiger charge is 2.03. The van der Waals surface area contributed by atoms with Crippen LogP contribution in [0, 0.1) is 0 Å². The average molecular weight is 284 g/mol. The van der Waals surface area contributed by atoms with E-state index in [9.17, 15) is 0 Å². The predicted molar refractivity (Wildman–Crippen MR) is 64.7 cm³/mol. The summed E-state index contributed by atoms with van der Waals surface area (Å²) in [7, 11) is 0. The Morgan fingerprint density at radius 2 is 1.80 bits per heavy atom. The molecule has 0 unspecified atom stereocenters. The van der Waals surface area contributed by atoms with Gasteiger partial charge in [0.2, 0.25) is 0 Å². The Bertz CT molecular complexity index is 456. The topological polar surface area (TPSA) is 25.8 Å². The van der Waals surface area contributed by atoms with Crippen LogP contribution in [0.1, 0.15) is 5.82 Å². The SMILES string of the molecule is ClCc1ncc(-c2ccccc2Br)cn1. The molecule has 0 aliphatic rings. The fraction of sp³-hybridized carbons (Fsp3) is 0.0909. The molecule has 2 rings (SSSR count). The van der Waals surface area contributed by atoms with Crippen molar-refractivity contribution in [3.63, 3.8) is 0 Å². The normalized spacial score (nSPS) is 10.3. The van der Waals surface area contributed by atoms with Crippen LogP contribution in [0.5, 0.6) is 0 Å². The highest BCUT2D eigenvalue weighted by molar-refractivity contribution is 9.10. The van der Waals surface area contributed by atoms with Gasteiger partial charge in [0, 0.05) is 22.4 Å². The van der Waals surface area contributed by atoms with Gasteiger partial charge in [0.1, 0.15) is 5.82 Å². The summed E-state index contributed by atoms with van der Waals surface area (Å²) in [6.45, 7) is 0. The van der Waals surface area contributed by atoms with Gasteiger partial charge in [-0.15, -0.1) is 11.6 Å². The first-order chi connectivity index (χ1) is 7.31. The van der Waals surface area contributed by atoms with Gasteiger partial charge in [-0.25, -0.2) is 9.97 Å². The van der Waals surface area contributed by atoms with Crippen LogP contribution in [0.2, 0.25) is 0 Å². The molecule has 0 N–H and O–H groups in total. The number of nitrogens with zero attached hydrogens (tertiary/aromatic N) is 2. The van der Waals surface area contributed by atoms with Crippen LogP contribution in [0.4, 0.5) is 0 Å².